The fraction of sp³-hybridized carbons (Fsp3) is 0.429. The van der Waals surface area contributed by atoms with Crippen molar-refractivity contribution in [3.8, 4) is 10.6 Å². The first-order valence-electron chi connectivity index (χ1n) is 6.82. The minimum atomic E-state index is 0.0716. The zero-order valence-corrected chi connectivity index (χ0v) is 13.6. The van der Waals surface area contributed by atoms with Gasteiger partial charge in [0.1, 0.15) is 10.7 Å². The summed E-state index contributed by atoms with van der Waals surface area (Å²) in [4.78, 5) is 17.1. The van der Waals surface area contributed by atoms with Gasteiger partial charge in [-0.15, -0.1) is 21.5 Å². The lowest BCUT2D eigenvalue weighted by molar-refractivity contribution is -0.118. The van der Waals surface area contributed by atoms with E-state index in [-0.39, 0.29) is 5.91 Å². The van der Waals surface area contributed by atoms with Crippen LogP contribution in [0.3, 0.4) is 0 Å². The van der Waals surface area contributed by atoms with Crippen LogP contribution in [0, 0.1) is 13.8 Å². The molecule has 1 aliphatic carbocycles. The Labute approximate surface area is 131 Å². The molecule has 0 atom stereocenters. The largest absolute Gasteiger partial charge is 0.353 e. The highest BCUT2D eigenvalue weighted by atomic mass is 32.2. The first-order valence-corrected chi connectivity index (χ1v) is 8.62. The fourth-order valence-corrected chi connectivity index (χ4v) is 3.43. The number of thioether (sulfide) groups is 1. The molecule has 0 bridgehead atoms. The molecule has 1 fully saturated rings. The number of aryl methyl sites for hydroxylation is 2. The van der Waals surface area contributed by atoms with Crippen molar-refractivity contribution >= 4 is 29.0 Å². The van der Waals surface area contributed by atoms with Gasteiger partial charge in [0.25, 0.3) is 0 Å². The van der Waals surface area contributed by atoms with Crippen molar-refractivity contribution in [1.29, 1.82) is 0 Å². The lowest BCUT2D eigenvalue weighted by Gasteiger charge is -2.03. The highest BCUT2D eigenvalue weighted by Gasteiger charge is 2.23. The summed E-state index contributed by atoms with van der Waals surface area (Å²) < 4.78 is 0. The molecule has 0 unspecified atom stereocenters. The van der Waals surface area contributed by atoms with Crippen molar-refractivity contribution in [3.05, 3.63) is 22.8 Å². The van der Waals surface area contributed by atoms with E-state index >= 15 is 0 Å². The molecule has 0 radical (unpaired) electrons. The number of carbonyl (C=O) groups excluding carboxylic acids is 1. The predicted molar refractivity (Wildman–Crippen MR) is 84.5 cm³/mol. The third kappa shape index (κ3) is 3.79. The molecule has 110 valence electrons. The molecule has 1 saturated carbocycles. The molecule has 5 nitrogen and oxygen atoms in total. The average molecular weight is 320 g/mol. The van der Waals surface area contributed by atoms with Crippen LogP contribution in [0.15, 0.2) is 17.2 Å². The topological polar surface area (TPSA) is 67.8 Å². The highest BCUT2D eigenvalue weighted by molar-refractivity contribution is 7.99. The predicted octanol–water partition coefficient (Wildman–Crippen LogP) is 2.59. The Morgan fingerprint density at radius 2 is 2.19 bits per heavy atom. The van der Waals surface area contributed by atoms with Crippen LogP contribution in [0.2, 0.25) is 0 Å². The number of carbonyl (C=O) groups is 1. The maximum atomic E-state index is 11.6. The quantitative estimate of drug-likeness (QED) is 0.858. The van der Waals surface area contributed by atoms with Crippen LogP contribution in [-0.4, -0.2) is 32.9 Å². The maximum Gasteiger partial charge on any atom is 0.230 e. The summed E-state index contributed by atoms with van der Waals surface area (Å²) in [6.07, 6.45) is 2.22. The molecule has 0 spiro atoms. The van der Waals surface area contributed by atoms with E-state index in [0.29, 0.717) is 11.8 Å². The van der Waals surface area contributed by atoms with E-state index in [9.17, 15) is 4.79 Å². The number of aromatic nitrogens is 3. The second-order valence-electron chi connectivity index (χ2n) is 5.03. The maximum absolute atomic E-state index is 11.6. The smallest absolute Gasteiger partial charge is 0.230 e. The second kappa shape index (κ2) is 6.11. The van der Waals surface area contributed by atoms with Crippen molar-refractivity contribution in [2.75, 3.05) is 5.75 Å². The van der Waals surface area contributed by atoms with Crippen molar-refractivity contribution in [2.24, 2.45) is 0 Å². The van der Waals surface area contributed by atoms with E-state index in [1.54, 1.807) is 11.3 Å². The van der Waals surface area contributed by atoms with Gasteiger partial charge in [-0.05, 0) is 38.8 Å². The number of amides is 1. The molecule has 2 aromatic rings. The normalized spacial score (nSPS) is 14.2. The van der Waals surface area contributed by atoms with Gasteiger partial charge in [-0.3, -0.25) is 4.79 Å². The summed E-state index contributed by atoms with van der Waals surface area (Å²) in [6.45, 7) is 3.96. The van der Waals surface area contributed by atoms with Crippen LogP contribution in [-0.2, 0) is 4.79 Å². The first-order chi connectivity index (χ1) is 10.1. The molecule has 2 heterocycles. The minimum Gasteiger partial charge on any atom is -0.353 e. The number of nitrogens with zero attached hydrogens (tertiary/aromatic N) is 3. The molecule has 2 aromatic heterocycles. The summed E-state index contributed by atoms with van der Waals surface area (Å²) >= 11 is 3.03. The Morgan fingerprint density at radius 1 is 1.38 bits per heavy atom. The van der Waals surface area contributed by atoms with E-state index < -0.39 is 0 Å². The molecule has 1 N–H and O–H groups in total. The zero-order valence-electron chi connectivity index (χ0n) is 11.9. The lowest BCUT2D eigenvalue weighted by Crippen LogP contribution is -2.27. The van der Waals surface area contributed by atoms with E-state index in [0.717, 1.165) is 39.1 Å². The molecule has 7 heteroatoms. The lowest BCUT2D eigenvalue weighted by atomic mass is 10.3. The van der Waals surface area contributed by atoms with E-state index in [4.69, 9.17) is 0 Å². The average Bonchev–Trinajstić information content (AvgIpc) is 3.20. The Bertz CT molecular complexity index is 649. The van der Waals surface area contributed by atoms with Gasteiger partial charge >= 0.3 is 0 Å². The van der Waals surface area contributed by atoms with E-state index in [2.05, 4.69) is 20.5 Å². The van der Waals surface area contributed by atoms with Gasteiger partial charge < -0.3 is 5.32 Å². The Hall–Kier alpha value is -1.47. The summed E-state index contributed by atoms with van der Waals surface area (Å²) in [5, 5.41) is 13.2. The van der Waals surface area contributed by atoms with Crippen molar-refractivity contribution in [3.63, 3.8) is 0 Å². The zero-order chi connectivity index (χ0) is 14.8. The summed E-state index contributed by atoms with van der Waals surface area (Å²) in [5.41, 5.74) is 1.82. The first kappa shape index (κ1) is 14.5. The van der Waals surface area contributed by atoms with Gasteiger partial charge in [-0.2, -0.15) is 0 Å². The molecule has 0 aliphatic heterocycles. The molecule has 0 aromatic carbocycles. The monoisotopic (exact) mass is 320 g/mol. The van der Waals surface area contributed by atoms with Crippen molar-refractivity contribution < 1.29 is 4.79 Å². The van der Waals surface area contributed by atoms with Crippen LogP contribution in [0.4, 0.5) is 0 Å². The molecular formula is C14H16N4OS2. The number of hydrogen-bond acceptors (Lipinski definition) is 6. The third-order valence-electron chi connectivity index (χ3n) is 3.07. The molecule has 3 rings (SSSR count). The number of rotatable bonds is 5. The van der Waals surface area contributed by atoms with Gasteiger partial charge in [0, 0.05) is 6.04 Å². The van der Waals surface area contributed by atoms with Crippen LogP contribution in [0.1, 0.15) is 23.5 Å². The molecule has 0 saturated heterocycles. The van der Waals surface area contributed by atoms with Gasteiger partial charge in [0.05, 0.1) is 21.3 Å². The molecular weight excluding hydrogens is 304 g/mol. The van der Waals surface area contributed by atoms with Gasteiger partial charge in [0.2, 0.25) is 5.91 Å². The van der Waals surface area contributed by atoms with E-state index in [1.807, 2.05) is 26.0 Å². The summed E-state index contributed by atoms with van der Waals surface area (Å²) in [5.74, 6) is 0.464. The highest BCUT2D eigenvalue weighted by Crippen LogP contribution is 2.28. The summed E-state index contributed by atoms with van der Waals surface area (Å²) in [7, 11) is 0. The van der Waals surface area contributed by atoms with E-state index in [1.165, 1.54) is 11.8 Å². The Balaban J connectivity index is 1.61. The Morgan fingerprint density at radius 3 is 2.76 bits per heavy atom. The number of nitrogens with one attached hydrogen (secondary N) is 1. The Kier molecular flexibility index (Phi) is 4.21. The van der Waals surface area contributed by atoms with Crippen LogP contribution >= 0.6 is 23.1 Å². The molecule has 21 heavy (non-hydrogen) atoms. The molecule has 1 amide bonds. The van der Waals surface area contributed by atoms with Crippen LogP contribution in [0.25, 0.3) is 10.6 Å². The third-order valence-corrected chi connectivity index (χ3v) is 5.09. The number of thiazole rings is 1. The van der Waals surface area contributed by atoms with Gasteiger partial charge in [-0.25, -0.2) is 4.98 Å². The van der Waals surface area contributed by atoms with Crippen molar-refractivity contribution in [2.45, 2.75) is 37.8 Å². The summed E-state index contributed by atoms with van der Waals surface area (Å²) in [6, 6.07) is 4.25. The number of hydrogen-bond donors (Lipinski definition) is 1. The standard InChI is InChI=1S/C14H16N4OS2/c1-8-14(21-9(2)15-8)11-5-6-13(18-17-11)20-7-12(19)16-10-3-4-10/h5-6,10H,3-4,7H2,1-2H3,(H,16,19). The van der Waals surface area contributed by atoms with Gasteiger partial charge in [-0.1, -0.05) is 11.8 Å². The second-order valence-corrected chi connectivity index (χ2v) is 7.23. The fourth-order valence-electron chi connectivity index (χ4n) is 1.92. The SMILES string of the molecule is Cc1nc(C)c(-c2ccc(SCC(=O)NC3CC3)nn2)s1. The van der Waals surface area contributed by atoms with Crippen LogP contribution < -0.4 is 5.32 Å². The van der Waals surface area contributed by atoms with Gasteiger partial charge in [0.15, 0.2) is 0 Å². The van der Waals surface area contributed by atoms with Crippen LogP contribution in [0.5, 0.6) is 0 Å². The molecule has 1 aliphatic rings. The minimum absolute atomic E-state index is 0.0716. The van der Waals surface area contributed by atoms with Crippen molar-refractivity contribution in [1.82, 2.24) is 20.5 Å².